The highest BCUT2D eigenvalue weighted by Crippen LogP contribution is 2.16. The van der Waals surface area contributed by atoms with Gasteiger partial charge in [0.1, 0.15) is 5.82 Å². The number of amides is 1. The monoisotopic (exact) mass is 376 g/mol. The molecule has 1 aliphatic rings. The van der Waals surface area contributed by atoms with Gasteiger partial charge in [0.25, 0.3) is 0 Å². The fourth-order valence-electron chi connectivity index (χ4n) is 3.47. The lowest BCUT2D eigenvalue weighted by Gasteiger charge is -2.35. The molecule has 0 unspecified atom stereocenters. The number of carbonyl (C=O) groups is 1. The molecule has 0 saturated carbocycles. The molecule has 1 aromatic carbocycles. The Bertz CT molecular complexity index is 914. The van der Waals surface area contributed by atoms with Crippen LogP contribution in [0.2, 0.25) is 0 Å². The maximum Gasteiger partial charge on any atom is 0.223 e. The normalized spacial score (nSPS) is 14.3. The fourth-order valence-corrected chi connectivity index (χ4v) is 3.47. The first kappa shape index (κ1) is 18.2. The summed E-state index contributed by atoms with van der Waals surface area (Å²) >= 11 is 0. The zero-order valence-corrected chi connectivity index (χ0v) is 16.0. The molecule has 0 atom stereocenters. The number of nitrogens with zero attached hydrogens (tertiary/aromatic N) is 6. The van der Waals surface area contributed by atoms with Crippen molar-refractivity contribution in [3.8, 4) is 5.82 Å². The van der Waals surface area contributed by atoms with Crippen LogP contribution < -0.4 is 4.90 Å². The first-order valence-electron chi connectivity index (χ1n) is 9.61. The third kappa shape index (κ3) is 4.03. The van der Waals surface area contributed by atoms with Gasteiger partial charge in [-0.15, -0.1) is 10.2 Å². The van der Waals surface area contributed by atoms with Gasteiger partial charge in [-0.2, -0.15) is 0 Å². The second-order valence-corrected chi connectivity index (χ2v) is 6.95. The van der Waals surface area contributed by atoms with Gasteiger partial charge in [-0.05, 0) is 31.0 Å². The van der Waals surface area contributed by atoms with Gasteiger partial charge in [0.15, 0.2) is 11.6 Å². The molecule has 28 heavy (non-hydrogen) atoms. The molecule has 0 bridgehead atoms. The van der Waals surface area contributed by atoms with Crippen molar-refractivity contribution in [2.45, 2.75) is 19.8 Å². The van der Waals surface area contributed by atoms with Crippen LogP contribution in [-0.4, -0.2) is 56.7 Å². The number of hydrogen-bond acceptors (Lipinski definition) is 5. The SMILES string of the molecule is Cc1nccn1-c1ccc(N2CCN(C(=O)CCc3ccccc3)CC2)nn1. The lowest BCUT2D eigenvalue weighted by Crippen LogP contribution is -2.49. The minimum absolute atomic E-state index is 0.223. The molecule has 3 heterocycles. The minimum atomic E-state index is 0.223. The lowest BCUT2D eigenvalue weighted by molar-refractivity contribution is -0.131. The van der Waals surface area contributed by atoms with Gasteiger partial charge >= 0.3 is 0 Å². The summed E-state index contributed by atoms with van der Waals surface area (Å²) in [5, 5.41) is 8.69. The largest absolute Gasteiger partial charge is 0.352 e. The van der Waals surface area contributed by atoms with Gasteiger partial charge in [0.05, 0.1) is 0 Å². The van der Waals surface area contributed by atoms with E-state index in [-0.39, 0.29) is 5.91 Å². The fraction of sp³-hybridized carbons (Fsp3) is 0.333. The van der Waals surface area contributed by atoms with Crippen molar-refractivity contribution in [3.63, 3.8) is 0 Å². The quantitative estimate of drug-likeness (QED) is 0.683. The Morgan fingerprint density at radius 1 is 0.964 bits per heavy atom. The first-order chi connectivity index (χ1) is 13.7. The van der Waals surface area contributed by atoms with E-state index in [1.807, 2.05) is 52.9 Å². The summed E-state index contributed by atoms with van der Waals surface area (Å²) in [6, 6.07) is 14.1. The number of imidazole rings is 1. The molecule has 0 N–H and O–H groups in total. The number of anilines is 1. The smallest absolute Gasteiger partial charge is 0.223 e. The van der Waals surface area contributed by atoms with Crippen LogP contribution in [0.1, 0.15) is 17.8 Å². The predicted molar refractivity (Wildman–Crippen MR) is 107 cm³/mol. The van der Waals surface area contributed by atoms with E-state index in [0.29, 0.717) is 6.42 Å². The van der Waals surface area contributed by atoms with Crippen molar-refractivity contribution in [1.29, 1.82) is 0 Å². The molecule has 1 aliphatic heterocycles. The summed E-state index contributed by atoms with van der Waals surface area (Å²) in [6.45, 7) is 4.92. The molecular weight excluding hydrogens is 352 g/mol. The standard InChI is InChI=1S/C21H24N6O/c1-17-22-11-12-27(17)20-9-8-19(23-24-20)25-13-15-26(16-14-25)21(28)10-7-18-5-3-2-4-6-18/h2-6,8-9,11-12H,7,10,13-16H2,1H3. The van der Waals surface area contributed by atoms with Gasteiger partial charge in [0, 0.05) is 45.0 Å². The van der Waals surface area contributed by atoms with Gasteiger partial charge < -0.3 is 9.80 Å². The van der Waals surface area contributed by atoms with Gasteiger partial charge in [-0.25, -0.2) is 4.98 Å². The van der Waals surface area contributed by atoms with E-state index in [1.165, 1.54) is 5.56 Å². The summed E-state index contributed by atoms with van der Waals surface area (Å²) < 4.78 is 1.90. The highest BCUT2D eigenvalue weighted by atomic mass is 16.2. The molecule has 0 spiro atoms. The number of aromatic nitrogens is 4. The number of piperazine rings is 1. The van der Waals surface area contributed by atoms with E-state index in [4.69, 9.17) is 0 Å². The van der Waals surface area contributed by atoms with E-state index in [2.05, 4.69) is 32.2 Å². The zero-order valence-electron chi connectivity index (χ0n) is 16.0. The van der Waals surface area contributed by atoms with E-state index >= 15 is 0 Å². The number of benzene rings is 1. The van der Waals surface area contributed by atoms with Crippen LogP contribution in [0.25, 0.3) is 5.82 Å². The van der Waals surface area contributed by atoms with E-state index < -0.39 is 0 Å². The van der Waals surface area contributed by atoms with Gasteiger partial charge in [-0.3, -0.25) is 9.36 Å². The van der Waals surface area contributed by atoms with Crippen LogP contribution in [0.4, 0.5) is 5.82 Å². The molecular formula is C21H24N6O. The maximum atomic E-state index is 12.5. The second kappa shape index (κ2) is 8.21. The van der Waals surface area contributed by atoms with Crippen LogP contribution in [0.5, 0.6) is 0 Å². The van der Waals surface area contributed by atoms with Crippen LogP contribution >= 0.6 is 0 Å². The summed E-state index contributed by atoms with van der Waals surface area (Å²) in [5.74, 6) is 2.71. The topological polar surface area (TPSA) is 67.2 Å². The maximum absolute atomic E-state index is 12.5. The molecule has 1 fully saturated rings. The van der Waals surface area contributed by atoms with Crippen LogP contribution in [0.15, 0.2) is 54.9 Å². The summed E-state index contributed by atoms with van der Waals surface area (Å²) in [5.41, 5.74) is 1.21. The Morgan fingerprint density at radius 2 is 1.68 bits per heavy atom. The molecule has 144 valence electrons. The molecule has 0 radical (unpaired) electrons. The van der Waals surface area contributed by atoms with Crippen LogP contribution in [-0.2, 0) is 11.2 Å². The Hall–Kier alpha value is -3.22. The minimum Gasteiger partial charge on any atom is -0.352 e. The molecule has 0 aliphatic carbocycles. The Morgan fingerprint density at radius 3 is 2.32 bits per heavy atom. The van der Waals surface area contributed by atoms with Crippen molar-refractivity contribution in [1.82, 2.24) is 24.6 Å². The average Bonchev–Trinajstić information content (AvgIpc) is 3.19. The predicted octanol–water partition coefficient (Wildman–Crippen LogP) is 2.25. The lowest BCUT2D eigenvalue weighted by atomic mass is 10.1. The summed E-state index contributed by atoms with van der Waals surface area (Å²) in [4.78, 5) is 20.8. The number of carbonyl (C=O) groups excluding carboxylic acids is 1. The summed E-state index contributed by atoms with van der Waals surface area (Å²) in [7, 11) is 0. The average molecular weight is 376 g/mol. The van der Waals surface area contributed by atoms with Gasteiger partial charge in [-0.1, -0.05) is 30.3 Å². The molecule has 7 nitrogen and oxygen atoms in total. The first-order valence-corrected chi connectivity index (χ1v) is 9.61. The highest BCUT2D eigenvalue weighted by molar-refractivity contribution is 5.76. The summed E-state index contributed by atoms with van der Waals surface area (Å²) in [6.07, 6.45) is 4.97. The third-order valence-electron chi connectivity index (χ3n) is 5.14. The molecule has 2 aromatic heterocycles. The van der Waals surface area contributed by atoms with Crippen molar-refractivity contribution >= 4 is 11.7 Å². The zero-order chi connectivity index (χ0) is 19.3. The number of rotatable bonds is 5. The number of aryl methyl sites for hydroxylation is 2. The highest BCUT2D eigenvalue weighted by Gasteiger charge is 2.22. The Labute approximate surface area is 164 Å². The number of hydrogen-bond donors (Lipinski definition) is 0. The molecule has 7 heteroatoms. The molecule has 1 amide bonds. The van der Waals surface area contributed by atoms with Crippen molar-refractivity contribution < 1.29 is 4.79 Å². The van der Waals surface area contributed by atoms with Crippen molar-refractivity contribution in [2.24, 2.45) is 0 Å². The van der Waals surface area contributed by atoms with Gasteiger partial charge in [0.2, 0.25) is 5.91 Å². The van der Waals surface area contributed by atoms with E-state index in [1.54, 1.807) is 6.20 Å². The molecule has 1 saturated heterocycles. The van der Waals surface area contributed by atoms with Crippen LogP contribution in [0, 0.1) is 6.92 Å². The van der Waals surface area contributed by atoms with E-state index in [9.17, 15) is 4.79 Å². The van der Waals surface area contributed by atoms with Crippen molar-refractivity contribution in [3.05, 3.63) is 66.2 Å². The Kier molecular flexibility index (Phi) is 5.32. The van der Waals surface area contributed by atoms with Crippen LogP contribution in [0.3, 0.4) is 0 Å². The third-order valence-corrected chi connectivity index (χ3v) is 5.14. The Balaban J connectivity index is 1.30. The van der Waals surface area contributed by atoms with Crippen molar-refractivity contribution in [2.75, 3.05) is 31.1 Å². The molecule has 4 rings (SSSR count). The molecule has 3 aromatic rings. The van der Waals surface area contributed by atoms with E-state index in [0.717, 1.165) is 50.1 Å². The second-order valence-electron chi connectivity index (χ2n) is 6.95.